The Labute approximate surface area is 98.8 Å². The molecule has 0 aliphatic heterocycles. The van der Waals surface area contributed by atoms with E-state index in [0.717, 1.165) is 5.56 Å². The molecule has 0 amide bonds. The van der Waals surface area contributed by atoms with Gasteiger partial charge in [0.05, 0.1) is 5.02 Å². The second-order valence-corrected chi connectivity index (χ2v) is 3.65. The summed E-state index contributed by atoms with van der Waals surface area (Å²) in [4.78, 5) is 4.13. The minimum atomic E-state index is 0.472. The molecular weight excluding hydrogens is 224 g/mol. The van der Waals surface area contributed by atoms with Crippen molar-refractivity contribution in [3.8, 4) is 11.6 Å². The van der Waals surface area contributed by atoms with Crippen molar-refractivity contribution in [2.45, 2.75) is 6.54 Å². The lowest BCUT2D eigenvalue weighted by Crippen LogP contribution is -1.97. The summed E-state index contributed by atoms with van der Waals surface area (Å²) in [5.41, 5.74) is 6.44. The second-order valence-electron chi connectivity index (χ2n) is 3.24. The molecule has 0 unspecified atom stereocenters. The molecule has 1 aromatic heterocycles. The van der Waals surface area contributed by atoms with Crippen molar-refractivity contribution in [1.82, 2.24) is 4.98 Å². The number of nitrogens with zero attached hydrogens (tertiary/aromatic N) is 1. The zero-order valence-electron chi connectivity index (χ0n) is 8.56. The summed E-state index contributed by atoms with van der Waals surface area (Å²) >= 11 is 5.96. The summed E-state index contributed by atoms with van der Waals surface area (Å²) in [6.45, 7) is 0.472. The minimum Gasteiger partial charge on any atom is -0.437 e. The summed E-state index contributed by atoms with van der Waals surface area (Å²) in [6.07, 6.45) is 1.69. The highest BCUT2D eigenvalue weighted by molar-refractivity contribution is 6.32. The van der Waals surface area contributed by atoms with Crippen LogP contribution in [0.1, 0.15) is 5.56 Å². The first-order chi connectivity index (χ1) is 7.79. The number of benzene rings is 1. The van der Waals surface area contributed by atoms with E-state index in [-0.39, 0.29) is 0 Å². The zero-order chi connectivity index (χ0) is 11.4. The van der Waals surface area contributed by atoms with Crippen LogP contribution in [0.15, 0.2) is 42.6 Å². The Hall–Kier alpha value is -1.58. The van der Waals surface area contributed by atoms with E-state index in [1.165, 1.54) is 0 Å². The molecule has 0 aliphatic rings. The van der Waals surface area contributed by atoms with Gasteiger partial charge in [-0.15, -0.1) is 0 Å². The molecule has 0 radical (unpaired) electrons. The molecule has 2 aromatic rings. The third-order valence-corrected chi connectivity index (χ3v) is 2.40. The number of pyridine rings is 1. The van der Waals surface area contributed by atoms with Gasteiger partial charge in [0.2, 0.25) is 5.88 Å². The van der Waals surface area contributed by atoms with Crippen molar-refractivity contribution < 1.29 is 4.74 Å². The number of hydrogen-bond donors (Lipinski definition) is 1. The number of halogens is 1. The zero-order valence-corrected chi connectivity index (χ0v) is 9.32. The van der Waals surface area contributed by atoms with Crippen molar-refractivity contribution >= 4 is 11.6 Å². The van der Waals surface area contributed by atoms with Crippen LogP contribution in [0.5, 0.6) is 11.6 Å². The third kappa shape index (κ3) is 2.51. The van der Waals surface area contributed by atoms with E-state index in [9.17, 15) is 0 Å². The van der Waals surface area contributed by atoms with Crippen molar-refractivity contribution in [2.24, 2.45) is 5.73 Å². The Balaban J connectivity index is 2.18. The molecular formula is C12H11ClN2O. The first-order valence-electron chi connectivity index (χ1n) is 4.87. The molecule has 0 saturated heterocycles. The number of ether oxygens (including phenoxy) is 1. The standard InChI is InChI=1S/C12H11ClN2O/c13-10-3-1-2-4-11(10)16-12-6-5-9(7-14)8-15-12/h1-6,8H,7,14H2. The summed E-state index contributed by atoms with van der Waals surface area (Å²) in [7, 11) is 0. The van der Waals surface area contributed by atoms with Crippen LogP contribution in [-0.4, -0.2) is 4.98 Å². The maximum atomic E-state index is 5.96. The topological polar surface area (TPSA) is 48.1 Å². The number of aromatic nitrogens is 1. The Morgan fingerprint density at radius 2 is 2.00 bits per heavy atom. The van der Waals surface area contributed by atoms with Gasteiger partial charge in [0.1, 0.15) is 5.75 Å². The number of para-hydroxylation sites is 1. The van der Waals surface area contributed by atoms with Crippen LogP contribution in [0.3, 0.4) is 0 Å². The molecule has 0 spiro atoms. The van der Waals surface area contributed by atoms with Gasteiger partial charge in [-0.3, -0.25) is 0 Å². The lowest BCUT2D eigenvalue weighted by atomic mass is 10.3. The lowest BCUT2D eigenvalue weighted by Gasteiger charge is -2.06. The summed E-state index contributed by atoms with van der Waals surface area (Å²) in [5, 5.41) is 0.562. The number of hydrogen-bond acceptors (Lipinski definition) is 3. The van der Waals surface area contributed by atoms with Gasteiger partial charge in [-0.2, -0.15) is 0 Å². The largest absolute Gasteiger partial charge is 0.437 e. The van der Waals surface area contributed by atoms with E-state index in [0.29, 0.717) is 23.2 Å². The third-order valence-electron chi connectivity index (χ3n) is 2.08. The molecule has 0 aliphatic carbocycles. The maximum absolute atomic E-state index is 5.96. The fourth-order valence-corrected chi connectivity index (χ4v) is 1.41. The van der Waals surface area contributed by atoms with E-state index in [1.807, 2.05) is 18.2 Å². The minimum absolute atomic E-state index is 0.472. The van der Waals surface area contributed by atoms with E-state index >= 15 is 0 Å². The van der Waals surface area contributed by atoms with Gasteiger partial charge in [0.25, 0.3) is 0 Å². The number of rotatable bonds is 3. The quantitative estimate of drug-likeness (QED) is 0.888. The van der Waals surface area contributed by atoms with Crippen LogP contribution < -0.4 is 10.5 Å². The normalized spacial score (nSPS) is 10.1. The second kappa shape index (κ2) is 4.96. The summed E-state index contributed by atoms with van der Waals surface area (Å²) in [5.74, 6) is 1.10. The predicted molar refractivity (Wildman–Crippen MR) is 63.7 cm³/mol. The highest BCUT2D eigenvalue weighted by Gasteiger charge is 2.02. The van der Waals surface area contributed by atoms with E-state index in [2.05, 4.69) is 4.98 Å². The van der Waals surface area contributed by atoms with E-state index in [4.69, 9.17) is 22.1 Å². The van der Waals surface area contributed by atoms with Crippen molar-refractivity contribution in [3.05, 3.63) is 53.2 Å². The fourth-order valence-electron chi connectivity index (χ4n) is 1.23. The monoisotopic (exact) mass is 234 g/mol. The molecule has 2 N–H and O–H groups in total. The highest BCUT2D eigenvalue weighted by atomic mass is 35.5. The first kappa shape index (κ1) is 10.9. The van der Waals surface area contributed by atoms with Gasteiger partial charge in [-0.05, 0) is 17.7 Å². The predicted octanol–water partition coefficient (Wildman–Crippen LogP) is 2.99. The molecule has 0 bridgehead atoms. The average molecular weight is 235 g/mol. The SMILES string of the molecule is NCc1ccc(Oc2ccccc2Cl)nc1. The van der Waals surface area contributed by atoms with Crippen molar-refractivity contribution in [3.63, 3.8) is 0 Å². The van der Waals surface area contributed by atoms with Crippen LogP contribution in [0, 0.1) is 0 Å². The molecule has 0 saturated carbocycles. The van der Waals surface area contributed by atoms with Crippen LogP contribution in [0.4, 0.5) is 0 Å². The van der Waals surface area contributed by atoms with E-state index < -0.39 is 0 Å². The lowest BCUT2D eigenvalue weighted by molar-refractivity contribution is 0.463. The van der Waals surface area contributed by atoms with Crippen LogP contribution >= 0.6 is 11.6 Å². The summed E-state index contributed by atoms with van der Waals surface area (Å²) in [6, 6.07) is 10.9. The Morgan fingerprint density at radius 3 is 2.62 bits per heavy atom. The van der Waals surface area contributed by atoms with Gasteiger partial charge in [-0.25, -0.2) is 4.98 Å². The van der Waals surface area contributed by atoms with Crippen LogP contribution in [-0.2, 0) is 6.54 Å². The Kier molecular flexibility index (Phi) is 3.39. The van der Waals surface area contributed by atoms with Crippen LogP contribution in [0.2, 0.25) is 5.02 Å². The molecule has 1 aromatic carbocycles. The molecule has 3 nitrogen and oxygen atoms in total. The van der Waals surface area contributed by atoms with Gasteiger partial charge < -0.3 is 10.5 Å². The van der Waals surface area contributed by atoms with Crippen LogP contribution in [0.25, 0.3) is 0 Å². The average Bonchev–Trinajstić information content (AvgIpc) is 2.33. The highest BCUT2D eigenvalue weighted by Crippen LogP contribution is 2.27. The van der Waals surface area contributed by atoms with Gasteiger partial charge in [0.15, 0.2) is 0 Å². The molecule has 16 heavy (non-hydrogen) atoms. The smallest absolute Gasteiger partial charge is 0.219 e. The van der Waals surface area contributed by atoms with Gasteiger partial charge in [0, 0.05) is 18.8 Å². The molecule has 82 valence electrons. The van der Waals surface area contributed by atoms with Gasteiger partial charge in [-0.1, -0.05) is 29.8 Å². The molecule has 2 rings (SSSR count). The molecule has 0 fully saturated rings. The van der Waals surface area contributed by atoms with Gasteiger partial charge >= 0.3 is 0 Å². The molecule has 4 heteroatoms. The first-order valence-corrected chi connectivity index (χ1v) is 5.25. The Bertz CT molecular complexity index is 471. The maximum Gasteiger partial charge on any atom is 0.219 e. The van der Waals surface area contributed by atoms with Crippen molar-refractivity contribution in [2.75, 3.05) is 0 Å². The fraction of sp³-hybridized carbons (Fsp3) is 0.0833. The molecule has 1 heterocycles. The van der Waals surface area contributed by atoms with Crippen molar-refractivity contribution in [1.29, 1.82) is 0 Å². The van der Waals surface area contributed by atoms with E-state index in [1.54, 1.807) is 24.4 Å². The number of nitrogens with two attached hydrogens (primary N) is 1. The molecule has 0 atom stereocenters. The summed E-state index contributed by atoms with van der Waals surface area (Å²) < 4.78 is 5.52. The Morgan fingerprint density at radius 1 is 1.19 bits per heavy atom.